The Balaban J connectivity index is 4.59. The van der Waals surface area contributed by atoms with Crippen LogP contribution in [0.15, 0.2) is 0 Å². The number of nitrogens with one attached hydrogen (secondary N) is 1. The number of hydrogen-bond donors (Lipinski definition) is 4. The highest BCUT2D eigenvalue weighted by molar-refractivity contribution is 5.87. The number of aliphatic carboxylic acids is 2. The molecule has 1 amide bonds. The summed E-state index contributed by atoms with van der Waals surface area (Å²) in [5.41, 5.74) is 5.40. The zero-order chi connectivity index (χ0) is 13.6. The molecule has 0 radical (unpaired) electrons. The predicted octanol–water partition coefficient (Wildman–Crippen LogP) is -0.739. The lowest BCUT2D eigenvalue weighted by molar-refractivity contribution is -0.147. The lowest BCUT2D eigenvalue weighted by Crippen LogP contribution is -2.47. The van der Waals surface area contributed by atoms with Crippen molar-refractivity contribution in [3.63, 3.8) is 0 Å². The molecule has 0 aromatic heterocycles. The Morgan fingerprint density at radius 1 is 1.24 bits per heavy atom. The van der Waals surface area contributed by atoms with E-state index in [1.54, 1.807) is 13.8 Å². The Bertz CT molecular complexity index is 303. The van der Waals surface area contributed by atoms with E-state index in [9.17, 15) is 14.4 Å². The number of carboxylic acid groups (broad SMARTS) is 2. The number of amides is 1. The average molecular weight is 246 g/mol. The van der Waals surface area contributed by atoms with Crippen LogP contribution in [0.1, 0.15) is 20.3 Å². The molecule has 2 atom stereocenters. The molecule has 0 heterocycles. The van der Waals surface area contributed by atoms with Gasteiger partial charge in [0.15, 0.2) is 0 Å². The highest BCUT2D eigenvalue weighted by atomic mass is 16.4. The summed E-state index contributed by atoms with van der Waals surface area (Å²) in [6.45, 7) is 3.65. The molecule has 0 aliphatic heterocycles. The van der Waals surface area contributed by atoms with Crippen molar-refractivity contribution in [2.75, 3.05) is 6.54 Å². The van der Waals surface area contributed by atoms with Crippen LogP contribution < -0.4 is 11.1 Å². The number of carbonyl (C=O) groups excluding carboxylic acids is 1. The van der Waals surface area contributed by atoms with E-state index >= 15 is 0 Å². The topological polar surface area (TPSA) is 130 Å². The van der Waals surface area contributed by atoms with E-state index in [1.807, 2.05) is 0 Å². The Kier molecular flexibility index (Phi) is 6.19. The van der Waals surface area contributed by atoms with Crippen LogP contribution in [0.2, 0.25) is 0 Å². The lowest BCUT2D eigenvalue weighted by atomic mass is 9.94. The molecule has 0 aromatic rings. The van der Waals surface area contributed by atoms with Crippen LogP contribution in [-0.4, -0.2) is 40.6 Å². The van der Waals surface area contributed by atoms with Gasteiger partial charge in [-0.2, -0.15) is 0 Å². The fourth-order valence-electron chi connectivity index (χ4n) is 1.34. The third kappa shape index (κ3) is 5.30. The van der Waals surface area contributed by atoms with Crippen LogP contribution in [0.25, 0.3) is 0 Å². The second-order valence-corrected chi connectivity index (χ2v) is 4.08. The van der Waals surface area contributed by atoms with Gasteiger partial charge in [0.05, 0.1) is 12.3 Å². The SMILES string of the molecule is CC(C)C(CN)C(=O)NC(CC(=O)O)C(=O)O. The fraction of sp³-hybridized carbons (Fsp3) is 0.700. The van der Waals surface area contributed by atoms with Crippen LogP contribution in [0.5, 0.6) is 0 Å². The molecule has 0 saturated carbocycles. The molecule has 2 unspecified atom stereocenters. The number of rotatable bonds is 7. The van der Waals surface area contributed by atoms with Gasteiger partial charge < -0.3 is 21.3 Å². The zero-order valence-electron chi connectivity index (χ0n) is 9.84. The summed E-state index contributed by atoms with van der Waals surface area (Å²) in [6.07, 6.45) is -0.656. The van der Waals surface area contributed by atoms with E-state index < -0.39 is 36.2 Å². The molecule has 7 heteroatoms. The van der Waals surface area contributed by atoms with Crippen molar-refractivity contribution in [1.29, 1.82) is 0 Å². The van der Waals surface area contributed by atoms with Gasteiger partial charge in [-0.15, -0.1) is 0 Å². The maximum atomic E-state index is 11.7. The van der Waals surface area contributed by atoms with Crippen molar-refractivity contribution < 1.29 is 24.6 Å². The van der Waals surface area contributed by atoms with Crippen LogP contribution in [-0.2, 0) is 14.4 Å². The monoisotopic (exact) mass is 246 g/mol. The summed E-state index contributed by atoms with van der Waals surface area (Å²) in [5, 5.41) is 19.4. The van der Waals surface area contributed by atoms with Gasteiger partial charge in [-0.3, -0.25) is 9.59 Å². The van der Waals surface area contributed by atoms with E-state index in [-0.39, 0.29) is 12.5 Å². The Morgan fingerprint density at radius 3 is 2.06 bits per heavy atom. The van der Waals surface area contributed by atoms with Crippen molar-refractivity contribution in [2.45, 2.75) is 26.3 Å². The number of carbonyl (C=O) groups is 3. The van der Waals surface area contributed by atoms with Gasteiger partial charge in [-0.05, 0) is 5.92 Å². The molecular formula is C10H18N2O5. The summed E-state index contributed by atoms with van der Waals surface area (Å²) < 4.78 is 0. The fourth-order valence-corrected chi connectivity index (χ4v) is 1.34. The van der Waals surface area contributed by atoms with Crippen LogP contribution in [0, 0.1) is 11.8 Å². The van der Waals surface area contributed by atoms with Gasteiger partial charge >= 0.3 is 11.9 Å². The second kappa shape index (κ2) is 6.85. The van der Waals surface area contributed by atoms with E-state index in [4.69, 9.17) is 15.9 Å². The van der Waals surface area contributed by atoms with Crippen LogP contribution in [0.4, 0.5) is 0 Å². The zero-order valence-corrected chi connectivity index (χ0v) is 9.84. The summed E-state index contributed by atoms with van der Waals surface area (Å²) in [5.74, 6) is -3.76. The first-order valence-corrected chi connectivity index (χ1v) is 5.24. The molecule has 0 bridgehead atoms. The van der Waals surface area contributed by atoms with Crippen LogP contribution >= 0.6 is 0 Å². The molecule has 98 valence electrons. The van der Waals surface area contributed by atoms with E-state index in [0.29, 0.717) is 0 Å². The smallest absolute Gasteiger partial charge is 0.326 e. The number of hydrogen-bond acceptors (Lipinski definition) is 4. The van der Waals surface area contributed by atoms with Gasteiger partial charge in [0.1, 0.15) is 6.04 Å². The molecule has 17 heavy (non-hydrogen) atoms. The van der Waals surface area contributed by atoms with Crippen molar-refractivity contribution in [3.05, 3.63) is 0 Å². The van der Waals surface area contributed by atoms with E-state index in [0.717, 1.165) is 0 Å². The molecule has 0 aliphatic rings. The summed E-state index contributed by atoms with van der Waals surface area (Å²) >= 11 is 0. The highest BCUT2D eigenvalue weighted by Crippen LogP contribution is 2.09. The number of carboxylic acids is 2. The first-order chi connectivity index (χ1) is 7.79. The van der Waals surface area contributed by atoms with Crippen LogP contribution in [0.3, 0.4) is 0 Å². The molecule has 0 fully saturated rings. The van der Waals surface area contributed by atoms with Gasteiger partial charge in [0.25, 0.3) is 0 Å². The first kappa shape index (κ1) is 15.4. The van der Waals surface area contributed by atoms with E-state index in [2.05, 4.69) is 5.32 Å². The molecule has 0 spiro atoms. The van der Waals surface area contributed by atoms with Gasteiger partial charge in [0, 0.05) is 6.54 Å². The van der Waals surface area contributed by atoms with Crippen molar-refractivity contribution in [2.24, 2.45) is 17.6 Å². The maximum absolute atomic E-state index is 11.7. The molecule has 0 aromatic carbocycles. The molecular weight excluding hydrogens is 228 g/mol. The summed E-state index contributed by atoms with van der Waals surface area (Å²) in [6, 6.07) is -1.42. The lowest BCUT2D eigenvalue weighted by Gasteiger charge is -2.20. The first-order valence-electron chi connectivity index (χ1n) is 5.24. The Morgan fingerprint density at radius 2 is 1.76 bits per heavy atom. The minimum atomic E-state index is -1.42. The van der Waals surface area contributed by atoms with Gasteiger partial charge in [-0.1, -0.05) is 13.8 Å². The summed E-state index contributed by atoms with van der Waals surface area (Å²) in [7, 11) is 0. The molecule has 0 rings (SSSR count). The van der Waals surface area contributed by atoms with Gasteiger partial charge in [0.2, 0.25) is 5.91 Å². The third-order valence-corrected chi connectivity index (χ3v) is 2.39. The quantitative estimate of drug-likeness (QED) is 0.468. The molecule has 7 nitrogen and oxygen atoms in total. The standard InChI is InChI=1S/C10H18N2O5/c1-5(2)6(4-11)9(15)12-7(10(16)17)3-8(13)14/h5-7H,3-4,11H2,1-2H3,(H,12,15)(H,13,14)(H,16,17). The highest BCUT2D eigenvalue weighted by Gasteiger charge is 2.27. The molecule has 0 aliphatic carbocycles. The van der Waals surface area contributed by atoms with Gasteiger partial charge in [-0.25, -0.2) is 4.79 Å². The summed E-state index contributed by atoms with van der Waals surface area (Å²) in [4.78, 5) is 32.8. The largest absolute Gasteiger partial charge is 0.481 e. The normalized spacial score (nSPS) is 14.1. The number of nitrogens with two attached hydrogens (primary N) is 1. The minimum absolute atomic E-state index is 0.0423. The van der Waals surface area contributed by atoms with E-state index in [1.165, 1.54) is 0 Å². The predicted molar refractivity (Wildman–Crippen MR) is 59.2 cm³/mol. The van der Waals surface area contributed by atoms with Crippen molar-refractivity contribution >= 4 is 17.8 Å². The molecule has 5 N–H and O–H groups in total. The molecule has 0 saturated heterocycles. The second-order valence-electron chi connectivity index (χ2n) is 4.08. The van der Waals surface area contributed by atoms with Crippen molar-refractivity contribution in [1.82, 2.24) is 5.32 Å². The third-order valence-electron chi connectivity index (χ3n) is 2.39. The Hall–Kier alpha value is -1.63. The maximum Gasteiger partial charge on any atom is 0.326 e. The van der Waals surface area contributed by atoms with Crippen molar-refractivity contribution in [3.8, 4) is 0 Å². The average Bonchev–Trinajstić information content (AvgIpc) is 2.15. The minimum Gasteiger partial charge on any atom is -0.481 e. The Labute approximate surface area is 99.0 Å².